The fourth-order valence-electron chi connectivity index (χ4n) is 4.44. The number of carbonyl (C=O) groups excluding carboxylic acids is 3. The lowest BCUT2D eigenvalue weighted by atomic mass is 10.0. The number of esters is 1. The summed E-state index contributed by atoms with van der Waals surface area (Å²) in [4.78, 5) is 40.4. The van der Waals surface area contributed by atoms with Crippen LogP contribution in [0.15, 0.2) is 42.5 Å². The quantitative estimate of drug-likeness (QED) is 0.175. The molecule has 12 heteroatoms. The highest BCUT2D eigenvalue weighted by Crippen LogP contribution is 2.24. The molecular weight excluding hydrogens is 565 g/mol. The van der Waals surface area contributed by atoms with Gasteiger partial charge in [0.1, 0.15) is 11.9 Å². The molecule has 5 N–H and O–H groups in total. The van der Waals surface area contributed by atoms with Crippen molar-refractivity contribution in [2.75, 3.05) is 26.2 Å². The van der Waals surface area contributed by atoms with Crippen molar-refractivity contribution in [3.63, 3.8) is 0 Å². The molecule has 0 heterocycles. The van der Waals surface area contributed by atoms with Crippen LogP contribution in [-0.4, -0.2) is 67.4 Å². The number of hydrogen-bond donors (Lipinski definition) is 3. The minimum atomic E-state index is -4.84. The lowest BCUT2D eigenvalue weighted by Gasteiger charge is -2.25. The Kier molecular flexibility index (Phi) is 13.9. The van der Waals surface area contributed by atoms with Crippen molar-refractivity contribution in [2.45, 2.75) is 71.9 Å². The Bertz CT molecular complexity index is 1220. The molecule has 0 aliphatic rings. The van der Waals surface area contributed by atoms with Gasteiger partial charge in [-0.1, -0.05) is 39.8 Å². The van der Waals surface area contributed by atoms with E-state index in [1.807, 2.05) is 13.8 Å². The van der Waals surface area contributed by atoms with Gasteiger partial charge in [0.2, 0.25) is 5.91 Å². The Labute approximate surface area is 251 Å². The van der Waals surface area contributed by atoms with Gasteiger partial charge < -0.3 is 31.2 Å². The zero-order chi connectivity index (χ0) is 32.2. The number of nitrogens with zero attached hydrogens (tertiary/aromatic N) is 1. The Morgan fingerprint density at radius 2 is 1.60 bits per heavy atom. The van der Waals surface area contributed by atoms with Gasteiger partial charge in [-0.05, 0) is 74.0 Å². The molecule has 0 spiro atoms. The smallest absolute Gasteiger partial charge is 0.456 e. The number of amides is 2. The predicted octanol–water partition coefficient (Wildman–Crippen LogP) is 4.68. The summed E-state index contributed by atoms with van der Waals surface area (Å²) in [6.45, 7) is 9.80. The Balaban J connectivity index is 2.34. The molecule has 43 heavy (non-hydrogen) atoms. The van der Waals surface area contributed by atoms with E-state index in [0.717, 1.165) is 19.3 Å². The van der Waals surface area contributed by atoms with Crippen LogP contribution in [0.3, 0.4) is 0 Å². The number of rotatable bonds is 17. The molecule has 2 aromatic rings. The second-order valence-corrected chi connectivity index (χ2v) is 10.8. The van der Waals surface area contributed by atoms with E-state index in [2.05, 4.69) is 23.9 Å². The van der Waals surface area contributed by atoms with Gasteiger partial charge >= 0.3 is 12.3 Å². The second-order valence-electron chi connectivity index (χ2n) is 10.8. The number of nitrogens with one attached hydrogen (secondary N) is 1. The van der Waals surface area contributed by atoms with E-state index in [4.69, 9.17) is 16.2 Å². The SMILES string of the molecule is CCCN(CCC)C(=O)c1cc(C(N)=O)cc(C(=O)O[C@H](CNCCC(C)C)[C@@H](N)Cc2cccc(OC(F)(F)F)c2)c1. The molecule has 2 amide bonds. The molecule has 9 nitrogen and oxygen atoms in total. The van der Waals surface area contributed by atoms with E-state index in [9.17, 15) is 27.6 Å². The first-order valence-corrected chi connectivity index (χ1v) is 14.5. The maximum Gasteiger partial charge on any atom is 0.573 e. The molecule has 0 saturated carbocycles. The maximum atomic E-state index is 13.4. The Hall–Kier alpha value is -3.64. The number of carbonyl (C=O) groups is 3. The third-order valence-electron chi connectivity index (χ3n) is 6.56. The first-order valence-electron chi connectivity index (χ1n) is 14.5. The molecular formula is C31H43F3N4O5. The third kappa shape index (κ3) is 12.2. The van der Waals surface area contributed by atoms with Crippen molar-refractivity contribution >= 4 is 17.8 Å². The minimum absolute atomic E-state index is 0.0249. The summed E-state index contributed by atoms with van der Waals surface area (Å²) in [5.41, 5.74) is 12.5. The molecule has 0 bridgehead atoms. The van der Waals surface area contributed by atoms with Crippen LogP contribution in [-0.2, 0) is 11.2 Å². The number of halogens is 3. The Morgan fingerprint density at radius 3 is 2.19 bits per heavy atom. The van der Waals surface area contributed by atoms with Crippen LogP contribution in [0, 0.1) is 5.92 Å². The maximum absolute atomic E-state index is 13.4. The molecule has 2 aromatic carbocycles. The fourth-order valence-corrected chi connectivity index (χ4v) is 4.44. The van der Waals surface area contributed by atoms with Crippen LogP contribution in [0.2, 0.25) is 0 Å². The van der Waals surface area contributed by atoms with Gasteiger partial charge in [-0.15, -0.1) is 13.2 Å². The van der Waals surface area contributed by atoms with E-state index >= 15 is 0 Å². The van der Waals surface area contributed by atoms with Gasteiger partial charge in [0.15, 0.2) is 0 Å². The predicted molar refractivity (Wildman–Crippen MR) is 158 cm³/mol. The second kappa shape index (κ2) is 16.9. The largest absolute Gasteiger partial charge is 0.573 e. The number of hydrogen-bond acceptors (Lipinski definition) is 7. The lowest BCUT2D eigenvalue weighted by molar-refractivity contribution is -0.274. The summed E-state index contributed by atoms with van der Waals surface area (Å²) >= 11 is 0. The molecule has 0 aliphatic carbocycles. The van der Waals surface area contributed by atoms with E-state index in [1.54, 1.807) is 11.0 Å². The van der Waals surface area contributed by atoms with Crippen molar-refractivity contribution in [3.05, 3.63) is 64.7 Å². The van der Waals surface area contributed by atoms with Crippen LogP contribution in [0.4, 0.5) is 13.2 Å². The monoisotopic (exact) mass is 608 g/mol. The summed E-state index contributed by atoms with van der Waals surface area (Å²) in [7, 11) is 0. The summed E-state index contributed by atoms with van der Waals surface area (Å²) in [6.07, 6.45) is -3.36. The third-order valence-corrected chi connectivity index (χ3v) is 6.56. The summed E-state index contributed by atoms with van der Waals surface area (Å²) in [6, 6.07) is 8.58. The van der Waals surface area contributed by atoms with E-state index in [1.165, 1.54) is 36.4 Å². The summed E-state index contributed by atoms with van der Waals surface area (Å²) < 4.78 is 47.9. The molecule has 2 rings (SSSR count). The van der Waals surface area contributed by atoms with Crippen molar-refractivity contribution in [1.29, 1.82) is 0 Å². The van der Waals surface area contributed by atoms with Crippen LogP contribution >= 0.6 is 0 Å². The molecule has 2 atom stereocenters. The number of nitrogens with two attached hydrogens (primary N) is 2. The van der Waals surface area contributed by atoms with E-state index in [0.29, 0.717) is 31.1 Å². The van der Waals surface area contributed by atoms with Gasteiger partial charge in [-0.3, -0.25) is 9.59 Å². The van der Waals surface area contributed by atoms with Crippen molar-refractivity contribution in [1.82, 2.24) is 10.2 Å². The molecule has 0 saturated heterocycles. The van der Waals surface area contributed by atoms with Crippen LogP contribution in [0.5, 0.6) is 5.75 Å². The van der Waals surface area contributed by atoms with Gasteiger partial charge in [0.25, 0.3) is 5.91 Å². The number of ether oxygens (including phenoxy) is 2. The first-order chi connectivity index (χ1) is 20.2. The molecule has 0 radical (unpaired) electrons. The highest BCUT2D eigenvalue weighted by molar-refractivity contribution is 6.03. The molecule has 0 fully saturated rings. The molecule has 238 valence electrons. The summed E-state index contributed by atoms with van der Waals surface area (Å²) in [5.74, 6) is -1.95. The van der Waals surface area contributed by atoms with Crippen molar-refractivity contribution < 1.29 is 37.0 Å². The normalized spacial score (nSPS) is 13.0. The zero-order valence-corrected chi connectivity index (χ0v) is 25.2. The average molecular weight is 609 g/mol. The fraction of sp³-hybridized carbons (Fsp3) is 0.516. The average Bonchev–Trinajstić information content (AvgIpc) is 2.92. The number of benzene rings is 2. The summed E-state index contributed by atoms with van der Waals surface area (Å²) in [5, 5.41) is 3.22. The zero-order valence-electron chi connectivity index (χ0n) is 25.2. The minimum Gasteiger partial charge on any atom is -0.456 e. The standard InChI is InChI=1S/C31H43F3N4O5/c1-5-12-38(13-6-2)29(40)23-16-22(28(36)39)17-24(18-23)30(41)42-27(19-37-11-10-20(3)4)26(35)15-21-8-7-9-25(14-21)43-31(32,33)34/h7-9,14,16-18,20,26-27,37H,5-6,10-13,15,19,35H2,1-4H3,(H2,36,39)/t26-,27+/m0/s1. The molecule has 0 aliphatic heterocycles. The van der Waals surface area contributed by atoms with Crippen molar-refractivity contribution in [2.24, 2.45) is 17.4 Å². The van der Waals surface area contributed by atoms with Crippen LogP contribution < -0.4 is 21.5 Å². The van der Waals surface area contributed by atoms with Crippen molar-refractivity contribution in [3.8, 4) is 5.75 Å². The highest BCUT2D eigenvalue weighted by Gasteiger charge is 2.31. The molecule has 0 aromatic heterocycles. The Morgan fingerprint density at radius 1 is 0.977 bits per heavy atom. The van der Waals surface area contributed by atoms with Gasteiger partial charge in [0.05, 0.1) is 5.56 Å². The number of primary amides is 1. The van der Waals surface area contributed by atoms with Crippen LogP contribution in [0.25, 0.3) is 0 Å². The highest BCUT2D eigenvalue weighted by atomic mass is 19.4. The molecule has 0 unspecified atom stereocenters. The van der Waals surface area contributed by atoms with E-state index in [-0.39, 0.29) is 41.3 Å². The lowest BCUT2D eigenvalue weighted by Crippen LogP contribution is -2.46. The first kappa shape index (κ1) is 35.6. The van der Waals surface area contributed by atoms with Gasteiger partial charge in [-0.2, -0.15) is 0 Å². The van der Waals surface area contributed by atoms with Gasteiger partial charge in [0, 0.05) is 36.8 Å². The van der Waals surface area contributed by atoms with E-state index < -0.39 is 30.4 Å². The van der Waals surface area contributed by atoms with Crippen LogP contribution in [0.1, 0.15) is 83.6 Å². The number of alkyl halides is 3. The topological polar surface area (TPSA) is 137 Å². The van der Waals surface area contributed by atoms with Gasteiger partial charge in [-0.25, -0.2) is 4.79 Å².